The normalized spacial score (nSPS) is 49.8. The molecular weight excluding hydrogens is 244 g/mol. The number of aliphatic hydroxyl groups excluding tert-OH is 1. The first-order chi connectivity index (χ1) is 8.92. The molecule has 2 aliphatic heterocycles. The Morgan fingerprint density at radius 2 is 2.21 bits per heavy atom. The summed E-state index contributed by atoms with van der Waals surface area (Å²) in [7, 11) is 0. The lowest BCUT2D eigenvalue weighted by Gasteiger charge is -2.25. The Balaban J connectivity index is 1.90. The summed E-state index contributed by atoms with van der Waals surface area (Å²) in [6.07, 6.45) is 3.84. The molecular formula is C15H22O4. The molecule has 0 aromatic heterocycles. The Bertz CT molecular complexity index is 430. The van der Waals surface area contributed by atoms with Gasteiger partial charge >= 0.3 is 5.97 Å². The molecule has 0 bridgehead atoms. The highest BCUT2D eigenvalue weighted by atomic mass is 16.6. The minimum Gasteiger partial charge on any atom is -0.461 e. The fraction of sp³-hybridized carbons (Fsp3) is 0.800. The molecule has 0 spiro atoms. The second-order valence-electron chi connectivity index (χ2n) is 6.48. The number of rotatable bonds is 0. The van der Waals surface area contributed by atoms with Gasteiger partial charge in [-0.15, -0.1) is 0 Å². The van der Waals surface area contributed by atoms with Gasteiger partial charge in [0.2, 0.25) is 0 Å². The van der Waals surface area contributed by atoms with Crippen molar-refractivity contribution in [2.45, 2.75) is 63.9 Å². The van der Waals surface area contributed by atoms with Crippen molar-refractivity contribution in [3.8, 4) is 0 Å². The quantitative estimate of drug-likeness (QED) is 0.413. The fourth-order valence-corrected chi connectivity index (χ4v) is 3.60. The molecule has 1 N–H and O–H groups in total. The summed E-state index contributed by atoms with van der Waals surface area (Å²) in [5.41, 5.74) is 0.996. The Labute approximate surface area is 113 Å². The van der Waals surface area contributed by atoms with Gasteiger partial charge in [-0.2, -0.15) is 0 Å². The zero-order valence-corrected chi connectivity index (χ0v) is 11.8. The van der Waals surface area contributed by atoms with E-state index in [0.717, 1.165) is 19.3 Å². The van der Waals surface area contributed by atoms with Crippen LogP contribution in [0.15, 0.2) is 11.6 Å². The van der Waals surface area contributed by atoms with Crippen LogP contribution in [0.1, 0.15) is 40.0 Å². The third-order valence-corrected chi connectivity index (χ3v) is 4.95. The minimum absolute atomic E-state index is 0.149. The van der Waals surface area contributed by atoms with Crippen molar-refractivity contribution in [3.63, 3.8) is 0 Å². The molecule has 0 saturated carbocycles. The van der Waals surface area contributed by atoms with Crippen LogP contribution in [-0.2, 0) is 14.3 Å². The summed E-state index contributed by atoms with van der Waals surface area (Å²) in [6.45, 7) is 5.96. The van der Waals surface area contributed by atoms with Crippen LogP contribution in [0.4, 0.5) is 0 Å². The highest BCUT2D eigenvalue weighted by molar-refractivity contribution is 5.75. The maximum Gasteiger partial charge on any atom is 0.309 e. The Morgan fingerprint density at radius 1 is 1.47 bits per heavy atom. The van der Waals surface area contributed by atoms with Crippen LogP contribution in [-0.4, -0.2) is 35.0 Å². The molecule has 6 atom stereocenters. The van der Waals surface area contributed by atoms with Crippen molar-refractivity contribution in [2.75, 3.05) is 0 Å². The second kappa shape index (κ2) is 4.32. The molecule has 4 nitrogen and oxygen atoms in total. The van der Waals surface area contributed by atoms with Crippen LogP contribution in [0.3, 0.4) is 0 Å². The van der Waals surface area contributed by atoms with Gasteiger partial charge in [0.25, 0.3) is 0 Å². The van der Waals surface area contributed by atoms with Crippen LogP contribution in [0.25, 0.3) is 0 Å². The Hall–Kier alpha value is -0.870. The number of fused-ring (bicyclic) bond motifs is 2. The van der Waals surface area contributed by atoms with Crippen LogP contribution in [0, 0.1) is 11.8 Å². The summed E-state index contributed by atoms with van der Waals surface area (Å²) in [5.74, 6) is -0.593. The highest BCUT2D eigenvalue weighted by Crippen LogP contribution is 2.48. The third kappa shape index (κ3) is 2.11. The smallest absolute Gasteiger partial charge is 0.309 e. The summed E-state index contributed by atoms with van der Waals surface area (Å²) < 4.78 is 11.2. The molecule has 0 radical (unpaired) electrons. The molecule has 2 heterocycles. The average molecular weight is 266 g/mol. The first-order valence-corrected chi connectivity index (χ1v) is 7.14. The summed E-state index contributed by atoms with van der Waals surface area (Å²) >= 11 is 0. The third-order valence-electron chi connectivity index (χ3n) is 4.95. The second-order valence-corrected chi connectivity index (χ2v) is 6.48. The zero-order chi connectivity index (χ0) is 13.8. The van der Waals surface area contributed by atoms with Gasteiger partial charge in [0.1, 0.15) is 12.2 Å². The van der Waals surface area contributed by atoms with Crippen molar-refractivity contribution in [2.24, 2.45) is 11.8 Å². The first kappa shape index (κ1) is 13.1. The van der Waals surface area contributed by atoms with Gasteiger partial charge in [0.15, 0.2) is 0 Å². The highest BCUT2D eigenvalue weighted by Gasteiger charge is 2.60. The van der Waals surface area contributed by atoms with Gasteiger partial charge < -0.3 is 14.6 Å². The number of carbonyl (C=O) groups excluding carboxylic acids is 1. The topological polar surface area (TPSA) is 59.1 Å². The number of allylic oxidation sites excluding steroid dienone is 1. The van der Waals surface area contributed by atoms with Crippen molar-refractivity contribution >= 4 is 5.97 Å². The fourth-order valence-electron chi connectivity index (χ4n) is 3.60. The molecule has 3 rings (SSSR count). The predicted molar refractivity (Wildman–Crippen MR) is 69.4 cm³/mol. The van der Waals surface area contributed by atoms with E-state index in [4.69, 9.17) is 9.47 Å². The van der Waals surface area contributed by atoms with Crippen molar-refractivity contribution < 1.29 is 19.4 Å². The Kier molecular flexibility index (Phi) is 2.98. The molecule has 106 valence electrons. The van der Waals surface area contributed by atoms with Crippen LogP contribution >= 0.6 is 0 Å². The van der Waals surface area contributed by atoms with Crippen molar-refractivity contribution in [1.82, 2.24) is 0 Å². The predicted octanol–water partition coefficient (Wildman–Crippen LogP) is 1.81. The molecule has 2 saturated heterocycles. The maximum absolute atomic E-state index is 11.8. The molecule has 0 aromatic carbocycles. The van der Waals surface area contributed by atoms with E-state index in [-0.39, 0.29) is 35.6 Å². The summed E-state index contributed by atoms with van der Waals surface area (Å²) in [4.78, 5) is 11.8. The number of ether oxygens (including phenoxy) is 2. The van der Waals surface area contributed by atoms with Gasteiger partial charge in [-0.05, 0) is 26.7 Å². The molecule has 6 unspecified atom stereocenters. The molecule has 4 heteroatoms. The molecule has 1 aliphatic carbocycles. The van der Waals surface area contributed by atoms with E-state index in [2.05, 4.69) is 13.0 Å². The average Bonchev–Trinajstić information content (AvgIpc) is 2.92. The number of hydrogen-bond acceptors (Lipinski definition) is 4. The van der Waals surface area contributed by atoms with E-state index in [1.54, 1.807) is 0 Å². The lowest BCUT2D eigenvalue weighted by Crippen LogP contribution is -2.38. The zero-order valence-electron chi connectivity index (χ0n) is 11.8. The molecule has 0 amide bonds. The van der Waals surface area contributed by atoms with Gasteiger partial charge in [-0.25, -0.2) is 0 Å². The van der Waals surface area contributed by atoms with E-state index in [1.807, 2.05) is 13.8 Å². The maximum atomic E-state index is 11.8. The van der Waals surface area contributed by atoms with Gasteiger partial charge in [0.05, 0.1) is 17.6 Å². The van der Waals surface area contributed by atoms with E-state index < -0.39 is 6.10 Å². The van der Waals surface area contributed by atoms with Gasteiger partial charge in [0, 0.05) is 12.3 Å². The van der Waals surface area contributed by atoms with E-state index in [1.165, 1.54) is 5.57 Å². The molecule has 3 aliphatic rings. The molecule has 0 aromatic rings. The molecule has 2 fully saturated rings. The monoisotopic (exact) mass is 266 g/mol. The van der Waals surface area contributed by atoms with E-state index in [9.17, 15) is 9.90 Å². The standard InChI is InChI=1S/C15H22O4/c1-8-5-4-6-15(3)13(19-15)12(16)11-9(2)14(17)18-10(11)7-8/h5,9-13,16H,4,6-7H2,1-3H3. The number of carbonyl (C=O) groups is 1. The number of epoxide rings is 1. The van der Waals surface area contributed by atoms with Crippen molar-refractivity contribution in [3.05, 3.63) is 11.6 Å². The summed E-state index contributed by atoms with van der Waals surface area (Å²) in [6, 6.07) is 0. The number of hydrogen-bond donors (Lipinski definition) is 1. The van der Waals surface area contributed by atoms with Gasteiger partial charge in [-0.1, -0.05) is 18.6 Å². The number of aliphatic hydroxyl groups is 1. The summed E-state index contributed by atoms with van der Waals surface area (Å²) in [5, 5.41) is 10.6. The van der Waals surface area contributed by atoms with E-state index >= 15 is 0 Å². The van der Waals surface area contributed by atoms with Crippen molar-refractivity contribution in [1.29, 1.82) is 0 Å². The van der Waals surface area contributed by atoms with Crippen LogP contribution in [0.2, 0.25) is 0 Å². The SMILES string of the molecule is CC1=CCCC2(C)OC2C(O)C2C(C1)OC(=O)C2C. The largest absolute Gasteiger partial charge is 0.461 e. The lowest BCUT2D eigenvalue weighted by molar-refractivity contribution is -0.143. The van der Waals surface area contributed by atoms with Gasteiger partial charge in [-0.3, -0.25) is 4.79 Å². The lowest BCUT2D eigenvalue weighted by atomic mass is 9.79. The van der Waals surface area contributed by atoms with E-state index in [0.29, 0.717) is 0 Å². The first-order valence-electron chi connectivity index (χ1n) is 7.14. The minimum atomic E-state index is -0.609. The van der Waals surface area contributed by atoms with Crippen LogP contribution in [0.5, 0.6) is 0 Å². The number of esters is 1. The molecule has 19 heavy (non-hydrogen) atoms. The van der Waals surface area contributed by atoms with Crippen LogP contribution < -0.4 is 0 Å². The Morgan fingerprint density at radius 3 is 2.95 bits per heavy atom.